The zero-order chi connectivity index (χ0) is 14.2. The smallest absolute Gasteiger partial charge is 0.118 e. The number of hydrogen-bond donors (Lipinski definition) is 2. The molecular formula is C17H21NO2. The third-order valence-corrected chi connectivity index (χ3v) is 3.25. The van der Waals surface area contributed by atoms with E-state index in [-0.39, 0.29) is 0 Å². The van der Waals surface area contributed by atoms with E-state index in [0.29, 0.717) is 13.0 Å². The number of aliphatic hydroxyl groups is 1. The van der Waals surface area contributed by atoms with Gasteiger partial charge in [0.15, 0.2) is 0 Å². The van der Waals surface area contributed by atoms with Crippen LogP contribution in [0.25, 0.3) is 0 Å². The lowest BCUT2D eigenvalue weighted by Gasteiger charge is -2.13. The van der Waals surface area contributed by atoms with Crippen molar-refractivity contribution in [3.63, 3.8) is 0 Å². The van der Waals surface area contributed by atoms with E-state index < -0.39 is 6.23 Å². The number of aryl methyl sites for hydroxylation is 1. The normalized spacial score (nSPS) is 12.1. The molecule has 0 aliphatic carbocycles. The Hall–Kier alpha value is -1.84. The van der Waals surface area contributed by atoms with Gasteiger partial charge in [0.1, 0.15) is 12.0 Å². The van der Waals surface area contributed by atoms with Gasteiger partial charge in [0.2, 0.25) is 0 Å². The Balaban J connectivity index is 1.73. The van der Waals surface area contributed by atoms with Crippen molar-refractivity contribution in [2.75, 3.05) is 7.11 Å². The maximum absolute atomic E-state index is 9.94. The lowest BCUT2D eigenvalue weighted by atomic mass is 10.1. The molecule has 0 aromatic heterocycles. The van der Waals surface area contributed by atoms with Gasteiger partial charge in [0.25, 0.3) is 0 Å². The van der Waals surface area contributed by atoms with E-state index in [0.717, 1.165) is 17.7 Å². The molecule has 3 heteroatoms. The molecular weight excluding hydrogens is 250 g/mol. The molecule has 1 unspecified atom stereocenters. The minimum atomic E-state index is -0.489. The van der Waals surface area contributed by atoms with Crippen molar-refractivity contribution >= 4 is 0 Å². The summed E-state index contributed by atoms with van der Waals surface area (Å²) >= 11 is 0. The van der Waals surface area contributed by atoms with E-state index in [1.165, 1.54) is 5.56 Å². The average Bonchev–Trinajstić information content (AvgIpc) is 2.52. The van der Waals surface area contributed by atoms with Crippen molar-refractivity contribution < 1.29 is 9.84 Å². The number of aliphatic hydroxyl groups excluding tert-OH is 1. The topological polar surface area (TPSA) is 41.5 Å². The number of rotatable bonds is 7. The van der Waals surface area contributed by atoms with E-state index >= 15 is 0 Å². The molecule has 0 heterocycles. The standard InChI is InChI=1S/C17H21NO2/c1-20-16-10-7-15(8-11-16)13-18-17(19)12-9-14-5-3-2-4-6-14/h2-8,10-11,17-19H,9,12-13H2,1H3. The molecule has 2 rings (SSSR count). The Bertz CT molecular complexity index is 496. The van der Waals surface area contributed by atoms with Gasteiger partial charge in [-0.05, 0) is 36.1 Å². The molecule has 0 radical (unpaired) electrons. The lowest BCUT2D eigenvalue weighted by Crippen LogP contribution is -2.28. The molecule has 0 spiro atoms. The Morgan fingerprint density at radius 3 is 2.35 bits per heavy atom. The van der Waals surface area contributed by atoms with E-state index in [1.54, 1.807) is 7.11 Å². The molecule has 2 N–H and O–H groups in total. The minimum Gasteiger partial charge on any atom is -0.497 e. The summed E-state index contributed by atoms with van der Waals surface area (Å²) in [5.41, 5.74) is 2.38. The Morgan fingerprint density at radius 1 is 1.00 bits per heavy atom. The fourth-order valence-electron chi connectivity index (χ4n) is 2.03. The predicted molar refractivity (Wildman–Crippen MR) is 80.6 cm³/mol. The van der Waals surface area contributed by atoms with E-state index in [4.69, 9.17) is 4.74 Å². The van der Waals surface area contributed by atoms with Crippen LogP contribution in [0.15, 0.2) is 54.6 Å². The Labute approximate surface area is 120 Å². The number of hydrogen-bond acceptors (Lipinski definition) is 3. The molecule has 1 atom stereocenters. The predicted octanol–water partition coefficient (Wildman–Crippen LogP) is 2.74. The van der Waals surface area contributed by atoms with Crippen LogP contribution in [-0.4, -0.2) is 18.4 Å². The second kappa shape index (κ2) is 7.68. The summed E-state index contributed by atoms with van der Waals surface area (Å²) < 4.78 is 5.11. The van der Waals surface area contributed by atoms with Crippen molar-refractivity contribution in [1.29, 1.82) is 0 Å². The highest BCUT2D eigenvalue weighted by atomic mass is 16.5. The molecule has 106 valence electrons. The van der Waals surface area contributed by atoms with Crippen molar-refractivity contribution in [2.45, 2.75) is 25.6 Å². The van der Waals surface area contributed by atoms with Crippen LogP contribution in [0, 0.1) is 0 Å². The van der Waals surface area contributed by atoms with Gasteiger partial charge < -0.3 is 9.84 Å². The van der Waals surface area contributed by atoms with Crippen LogP contribution in [0.1, 0.15) is 17.5 Å². The number of nitrogens with one attached hydrogen (secondary N) is 1. The molecule has 0 saturated heterocycles. The summed E-state index contributed by atoms with van der Waals surface area (Å²) in [4.78, 5) is 0. The van der Waals surface area contributed by atoms with E-state index in [1.807, 2.05) is 42.5 Å². The third-order valence-electron chi connectivity index (χ3n) is 3.25. The maximum Gasteiger partial charge on any atom is 0.118 e. The van der Waals surface area contributed by atoms with Gasteiger partial charge in [-0.3, -0.25) is 5.32 Å². The lowest BCUT2D eigenvalue weighted by molar-refractivity contribution is 0.126. The van der Waals surface area contributed by atoms with Gasteiger partial charge in [-0.15, -0.1) is 0 Å². The van der Waals surface area contributed by atoms with Crippen LogP contribution in [0.3, 0.4) is 0 Å². The second-order valence-corrected chi connectivity index (χ2v) is 4.77. The summed E-state index contributed by atoms with van der Waals surface area (Å²) in [5.74, 6) is 0.846. The Morgan fingerprint density at radius 2 is 1.70 bits per heavy atom. The molecule has 0 bridgehead atoms. The highest BCUT2D eigenvalue weighted by Crippen LogP contribution is 2.11. The highest BCUT2D eigenvalue weighted by Gasteiger charge is 2.04. The van der Waals surface area contributed by atoms with Crippen LogP contribution in [0.5, 0.6) is 5.75 Å². The van der Waals surface area contributed by atoms with Crippen molar-refractivity contribution in [2.24, 2.45) is 0 Å². The highest BCUT2D eigenvalue weighted by molar-refractivity contribution is 5.27. The first-order valence-electron chi connectivity index (χ1n) is 6.86. The minimum absolute atomic E-state index is 0.489. The molecule has 0 fully saturated rings. The van der Waals surface area contributed by atoms with Crippen LogP contribution in [0.2, 0.25) is 0 Å². The summed E-state index contributed by atoms with van der Waals surface area (Å²) in [5, 5.41) is 13.1. The maximum atomic E-state index is 9.94. The number of benzene rings is 2. The number of methoxy groups -OCH3 is 1. The molecule has 0 amide bonds. The molecule has 0 aliphatic heterocycles. The second-order valence-electron chi connectivity index (χ2n) is 4.77. The summed E-state index contributed by atoms with van der Waals surface area (Å²) in [7, 11) is 1.65. The van der Waals surface area contributed by atoms with Crippen molar-refractivity contribution in [3.05, 3.63) is 65.7 Å². The zero-order valence-corrected chi connectivity index (χ0v) is 11.8. The first-order chi connectivity index (χ1) is 9.78. The van der Waals surface area contributed by atoms with Gasteiger partial charge in [-0.1, -0.05) is 42.5 Å². The summed E-state index contributed by atoms with van der Waals surface area (Å²) in [6, 6.07) is 18.0. The number of ether oxygens (including phenoxy) is 1. The molecule has 2 aromatic rings. The first-order valence-corrected chi connectivity index (χ1v) is 6.86. The first kappa shape index (κ1) is 14.6. The fourth-order valence-corrected chi connectivity index (χ4v) is 2.03. The van der Waals surface area contributed by atoms with Gasteiger partial charge >= 0.3 is 0 Å². The average molecular weight is 271 g/mol. The summed E-state index contributed by atoms with van der Waals surface area (Å²) in [6.45, 7) is 0.653. The van der Waals surface area contributed by atoms with Crippen LogP contribution < -0.4 is 10.1 Å². The quantitative estimate of drug-likeness (QED) is 0.761. The van der Waals surface area contributed by atoms with Crippen LogP contribution in [0.4, 0.5) is 0 Å². The molecule has 20 heavy (non-hydrogen) atoms. The van der Waals surface area contributed by atoms with Crippen LogP contribution >= 0.6 is 0 Å². The summed E-state index contributed by atoms with van der Waals surface area (Å²) in [6.07, 6.45) is 1.09. The van der Waals surface area contributed by atoms with Gasteiger partial charge in [-0.2, -0.15) is 0 Å². The van der Waals surface area contributed by atoms with Crippen molar-refractivity contribution in [3.8, 4) is 5.75 Å². The van der Waals surface area contributed by atoms with E-state index in [9.17, 15) is 5.11 Å². The fraction of sp³-hybridized carbons (Fsp3) is 0.294. The van der Waals surface area contributed by atoms with Gasteiger partial charge in [-0.25, -0.2) is 0 Å². The molecule has 0 saturated carbocycles. The van der Waals surface area contributed by atoms with Gasteiger partial charge in [0, 0.05) is 6.54 Å². The van der Waals surface area contributed by atoms with Crippen molar-refractivity contribution in [1.82, 2.24) is 5.32 Å². The Kier molecular flexibility index (Phi) is 5.59. The monoisotopic (exact) mass is 271 g/mol. The molecule has 3 nitrogen and oxygen atoms in total. The molecule has 2 aromatic carbocycles. The van der Waals surface area contributed by atoms with Crippen LogP contribution in [-0.2, 0) is 13.0 Å². The SMILES string of the molecule is COc1ccc(CNC(O)CCc2ccccc2)cc1. The third kappa shape index (κ3) is 4.68. The molecule has 0 aliphatic rings. The van der Waals surface area contributed by atoms with Gasteiger partial charge in [0.05, 0.1) is 7.11 Å². The van der Waals surface area contributed by atoms with E-state index in [2.05, 4.69) is 17.4 Å². The zero-order valence-electron chi connectivity index (χ0n) is 11.8. The largest absolute Gasteiger partial charge is 0.497 e.